The summed E-state index contributed by atoms with van der Waals surface area (Å²) in [5, 5.41) is 11.0. The molecule has 3 rings (SSSR count). The lowest BCUT2D eigenvalue weighted by atomic mass is 9.91. The number of likely N-dealkylation sites (tertiary alicyclic amines) is 1. The minimum atomic E-state index is -0.808. The van der Waals surface area contributed by atoms with Crippen molar-refractivity contribution in [2.75, 3.05) is 13.7 Å². The maximum atomic E-state index is 11.9. The summed E-state index contributed by atoms with van der Waals surface area (Å²) in [5.41, 5.74) is 1.77. The van der Waals surface area contributed by atoms with Gasteiger partial charge in [-0.25, -0.2) is 0 Å². The van der Waals surface area contributed by atoms with Crippen LogP contribution in [0.15, 0.2) is 42.5 Å². The first-order valence-electron chi connectivity index (χ1n) is 8.58. The summed E-state index contributed by atoms with van der Waals surface area (Å²) in [5.74, 6) is -0.133. The van der Waals surface area contributed by atoms with E-state index in [-0.39, 0.29) is 6.04 Å². The zero-order valence-corrected chi connectivity index (χ0v) is 16.0. The van der Waals surface area contributed by atoms with Crippen LogP contribution in [0, 0.1) is 0 Å². The Kier molecular flexibility index (Phi) is 6.07. The molecule has 2 unspecified atom stereocenters. The Balaban J connectivity index is 2.17. The molecule has 0 radical (unpaired) electrons. The van der Waals surface area contributed by atoms with Crippen molar-refractivity contribution < 1.29 is 14.6 Å². The van der Waals surface area contributed by atoms with E-state index >= 15 is 0 Å². The molecule has 0 aliphatic carbocycles. The van der Waals surface area contributed by atoms with E-state index in [0.717, 1.165) is 24.0 Å². The summed E-state index contributed by atoms with van der Waals surface area (Å²) in [6.07, 6.45) is 2.47. The summed E-state index contributed by atoms with van der Waals surface area (Å²) >= 11 is 12.5. The largest absolute Gasteiger partial charge is 0.496 e. The van der Waals surface area contributed by atoms with Crippen molar-refractivity contribution in [2.45, 2.75) is 31.3 Å². The first-order chi connectivity index (χ1) is 12.5. The van der Waals surface area contributed by atoms with Gasteiger partial charge in [0.1, 0.15) is 11.8 Å². The van der Waals surface area contributed by atoms with Gasteiger partial charge in [-0.3, -0.25) is 9.69 Å². The Morgan fingerprint density at radius 3 is 2.65 bits per heavy atom. The first kappa shape index (κ1) is 19.0. The van der Waals surface area contributed by atoms with E-state index in [2.05, 4.69) is 0 Å². The number of rotatable bonds is 5. The number of nitrogens with zero attached hydrogens (tertiary/aromatic N) is 1. The van der Waals surface area contributed by atoms with Crippen LogP contribution in [0.25, 0.3) is 0 Å². The van der Waals surface area contributed by atoms with E-state index in [1.165, 1.54) is 0 Å². The van der Waals surface area contributed by atoms with E-state index < -0.39 is 12.0 Å². The van der Waals surface area contributed by atoms with Crippen LogP contribution in [0.4, 0.5) is 0 Å². The van der Waals surface area contributed by atoms with Crippen LogP contribution in [0.1, 0.15) is 36.4 Å². The first-order valence-corrected chi connectivity index (χ1v) is 9.34. The predicted molar refractivity (Wildman–Crippen MR) is 103 cm³/mol. The number of piperidine rings is 1. The van der Waals surface area contributed by atoms with Gasteiger partial charge in [0, 0.05) is 15.6 Å². The molecule has 1 aliphatic rings. The molecule has 0 amide bonds. The molecule has 0 spiro atoms. The highest BCUT2D eigenvalue weighted by Gasteiger charge is 2.36. The Morgan fingerprint density at radius 2 is 1.96 bits per heavy atom. The number of carbonyl (C=O) groups is 1. The van der Waals surface area contributed by atoms with Gasteiger partial charge in [0.15, 0.2) is 0 Å². The molecule has 138 valence electrons. The smallest absolute Gasteiger partial charge is 0.320 e. The second-order valence-corrected chi connectivity index (χ2v) is 7.30. The number of aliphatic carboxylic acids is 1. The zero-order chi connectivity index (χ0) is 18.7. The average Bonchev–Trinajstić information content (AvgIpc) is 2.62. The molecular weight excluding hydrogens is 373 g/mol. The molecule has 1 aliphatic heterocycles. The van der Waals surface area contributed by atoms with Gasteiger partial charge in [-0.15, -0.1) is 0 Å². The summed E-state index contributed by atoms with van der Waals surface area (Å²) in [6.45, 7) is 0.684. The van der Waals surface area contributed by atoms with Crippen molar-refractivity contribution in [2.24, 2.45) is 0 Å². The molecule has 1 N–H and O–H groups in total. The van der Waals surface area contributed by atoms with Gasteiger partial charge in [-0.05, 0) is 55.3 Å². The summed E-state index contributed by atoms with van der Waals surface area (Å²) in [4.78, 5) is 13.9. The van der Waals surface area contributed by atoms with Crippen molar-refractivity contribution in [3.8, 4) is 5.75 Å². The van der Waals surface area contributed by atoms with Gasteiger partial charge in [-0.1, -0.05) is 41.8 Å². The number of carboxylic acid groups (broad SMARTS) is 1. The third-order valence-corrected chi connectivity index (χ3v) is 5.28. The monoisotopic (exact) mass is 393 g/mol. The average molecular weight is 394 g/mol. The van der Waals surface area contributed by atoms with Crippen molar-refractivity contribution >= 4 is 29.2 Å². The highest BCUT2D eigenvalue weighted by atomic mass is 35.5. The van der Waals surface area contributed by atoms with Gasteiger partial charge in [-0.2, -0.15) is 0 Å². The highest BCUT2D eigenvalue weighted by Crippen LogP contribution is 2.40. The second kappa shape index (κ2) is 8.30. The van der Waals surface area contributed by atoms with E-state index in [0.29, 0.717) is 28.8 Å². The topological polar surface area (TPSA) is 49.8 Å². The maximum Gasteiger partial charge on any atom is 0.320 e. The van der Waals surface area contributed by atoms with Crippen LogP contribution in [-0.2, 0) is 4.79 Å². The van der Waals surface area contributed by atoms with E-state index in [1.54, 1.807) is 13.2 Å². The Bertz CT molecular complexity index is 796. The fourth-order valence-electron chi connectivity index (χ4n) is 3.67. The lowest BCUT2D eigenvalue weighted by Gasteiger charge is -2.40. The molecule has 1 saturated heterocycles. The minimum Gasteiger partial charge on any atom is -0.496 e. The van der Waals surface area contributed by atoms with Crippen LogP contribution in [0.3, 0.4) is 0 Å². The third-order valence-electron chi connectivity index (χ3n) is 4.81. The molecule has 2 aromatic rings. The lowest BCUT2D eigenvalue weighted by molar-refractivity contribution is -0.145. The van der Waals surface area contributed by atoms with Gasteiger partial charge in [0.05, 0.1) is 13.2 Å². The number of hydrogen-bond acceptors (Lipinski definition) is 3. The van der Waals surface area contributed by atoms with Gasteiger partial charge in [0.2, 0.25) is 0 Å². The van der Waals surface area contributed by atoms with Crippen LogP contribution in [0.2, 0.25) is 10.0 Å². The quantitative estimate of drug-likeness (QED) is 0.773. The van der Waals surface area contributed by atoms with Crippen LogP contribution < -0.4 is 4.74 Å². The summed E-state index contributed by atoms with van der Waals surface area (Å²) in [7, 11) is 1.60. The molecule has 0 bridgehead atoms. The summed E-state index contributed by atoms with van der Waals surface area (Å²) < 4.78 is 5.55. The molecule has 4 nitrogen and oxygen atoms in total. The highest BCUT2D eigenvalue weighted by molar-refractivity contribution is 6.31. The molecule has 1 heterocycles. The molecule has 0 aromatic heterocycles. The van der Waals surface area contributed by atoms with E-state index in [9.17, 15) is 9.90 Å². The fourth-order valence-corrected chi connectivity index (χ4v) is 4.05. The van der Waals surface area contributed by atoms with Gasteiger partial charge in [0.25, 0.3) is 0 Å². The predicted octanol–water partition coefficient (Wildman–Crippen LogP) is 5.03. The Morgan fingerprint density at radius 1 is 1.19 bits per heavy atom. The van der Waals surface area contributed by atoms with Gasteiger partial charge >= 0.3 is 5.97 Å². The number of halogens is 2. The van der Waals surface area contributed by atoms with E-state index in [4.69, 9.17) is 27.9 Å². The fraction of sp³-hybridized carbons (Fsp3) is 0.350. The maximum absolute atomic E-state index is 11.9. The van der Waals surface area contributed by atoms with Crippen molar-refractivity contribution in [3.63, 3.8) is 0 Å². The molecule has 1 fully saturated rings. The van der Waals surface area contributed by atoms with Gasteiger partial charge < -0.3 is 9.84 Å². The number of hydrogen-bond donors (Lipinski definition) is 1. The van der Waals surface area contributed by atoms with Crippen molar-refractivity contribution in [1.29, 1.82) is 0 Å². The zero-order valence-electron chi connectivity index (χ0n) is 14.5. The van der Waals surface area contributed by atoms with E-state index in [1.807, 2.05) is 41.3 Å². The Labute approximate surface area is 163 Å². The second-order valence-electron chi connectivity index (χ2n) is 6.43. The normalized spacial score (nSPS) is 19.1. The lowest BCUT2D eigenvalue weighted by Crippen LogP contribution is -2.46. The molecule has 0 saturated carbocycles. The number of ether oxygens (including phenoxy) is 1. The number of methoxy groups -OCH3 is 1. The van der Waals surface area contributed by atoms with Crippen LogP contribution >= 0.6 is 23.2 Å². The SMILES string of the molecule is COc1ccc(Cl)cc1C(c1cccc(Cl)c1)N1CCCCC1C(=O)O. The van der Waals surface area contributed by atoms with Crippen LogP contribution in [0.5, 0.6) is 5.75 Å². The third kappa shape index (κ3) is 3.98. The molecule has 2 atom stereocenters. The molecule has 26 heavy (non-hydrogen) atoms. The Hall–Kier alpha value is -1.75. The number of benzene rings is 2. The standard InChI is InChI=1S/C20H21Cl2NO3/c1-26-18-9-8-15(22)12-16(18)19(13-5-4-6-14(21)11-13)23-10-3-2-7-17(23)20(24)25/h4-6,8-9,11-12,17,19H,2-3,7,10H2,1H3,(H,24,25). The number of carboxylic acids is 1. The van der Waals surface area contributed by atoms with Crippen molar-refractivity contribution in [1.82, 2.24) is 4.90 Å². The summed E-state index contributed by atoms with van der Waals surface area (Å²) in [6, 6.07) is 12.1. The molecule has 2 aromatic carbocycles. The molecular formula is C20H21Cl2NO3. The minimum absolute atomic E-state index is 0.302. The molecule has 6 heteroatoms. The van der Waals surface area contributed by atoms with Crippen LogP contribution in [-0.4, -0.2) is 35.7 Å². The van der Waals surface area contributed by atoms with Crippen molar-refractivity contribution in [3.05, 3.63) is 63.6 Å².